The van der Waals surface area contributed by atoms with Crippen LogP contribution in [0.15, 0.2) is 23.1 Å². The molecule has 19 heavy (non-hydrogen) atoms. The van der Waals surface area contributed by atoms with Crippen molar-refractivity contribution in [3.8, 4) is 0 Å². The number of benzene rings is 1. The van der Waals surface area contributed by atoms with Gasteiger partial charge in [0.05, 0.1) is 23.3 Å². The molecule has 1 N–H and O–H groups in total. The molecule has 0 unspecified atom stereocenters. The van der Waals surface area contributed by atoms with Gasteiger partial charge >= 0.3 is 0 Å². The minimum atomic E-state index is -3.96. The monoisotopic (exact) mass is 305 g/mol. The van der Waals surface area contributed by atoms with Gasteiger partial charge in [-0.3, -0.25) is 0 Å². The minimum absolute atomic E-state index is 0.106. The normalized spacial score (nSPS) is 29.9. The molecule has 1 aromatic carbocycles. The first-order valence-electron chi connectivity index (χ1n) is 6.09. The molecule has 0 aliphatic carbocycles. The summed E-state index contributed by atoms with van der Waals surface area (Å²) in [7, 11) is -3.96. The number of hydrogen-bond donors (Lipinski definition) is 1. The van der Waals surface area contributed by atoms with Crippen LogP contribution in [-0.2, 0) is 14.8 Å². The SMILES string of the molecule is O=S(=O)(N[C@H]1C[C@H]2CC[C@H]1O2)c1c(F)cccc1Cl. The molecule has 0 amide bonds. The summed E-state index contributed by atoms with van der Waals surface area (Å²) in [6.07, 6.45) is 2.45. The van der Waals surface area contributed by atoms with Gasteiger partial charge < -0.3 is 4.74 Å². The third-order valence-corrected chi connectivity index (χ3v) is 5.59. The topological polar surface area (TPSA) is 55.4 Å². The highest BCUT2D eigenvalue weighted by Gasteiger charge is 2.43. The van der Waals surface area contributed by atoms with Gasteiger partial charge in [-0.2, -0.15) is 0 Å². The molecule has 0 aromatic heterocycles. The predicted octanol–water partition coefficient (Wildman–Crippen LogP) is 2.08. The Labute approximate surface area is 116 Å². The highest BCUT2D eigenvalue weighted by Crippen LogP contribution is 2.35. The van der Waals surface area contributed by atoms with Crippen LogP contribution in [-0.4, -0.2) is 26.7 Å². The molecule has 7 heteroatoms. The van der Waals surface area contributed by atoms with Crippen molar-refractivity contribution in [2.75, 3.05) is 0 Å². The van der Waals surface area contributed by atoms with Gasteiger partial charge in [0.1, 0.15) is 10.7 Å². The second-order valence-corrected chi connectivity index (χ2v) is 6.95. The van der Waals surface area contributed by atoms with E-state index in [0.29, 0.717) is 6.42 Å². The quantitative estimate of drug-likeness (QED) is 0.930. The Morgan fingerprint density at radius 2 is 2.16 bits per heavy atom. The van der Waals surface area contributed by atoms with Crippen LogP contribution in [0.1, 0.15) is 19.3 Å². The first-order chi connectivity index (χ1) is 8.97. The third-order valence-electron chi connectivity index (χ3n) is 3.60. The van der Waals surface area contributed by atoms with Crippen molar-refractivity contribution in [2.45, 2.75) is 42.4 Å². The van der Waals surface area contributed by atoms with Crippen LogP contribution in [0.4, 0.5) is 4.39 Å². The molecule has 0 spiro atoms. The van der Waals surface area contributed by atoms with Crippen LogP contribution in [0.5, 0.6) is 0 Å². The molecular weight excluding hydrogens is 293 g/mol. The van der Waals surface area contributed by atoms with Crippen molar-refractivity contribution < 1.29 is 17.5 Å². The van der Waals surface area contributed by atoms with E-state index in [4.69, 9.17) is 16.3 Å². The average molecular weight is 306 g/mol. The zero-order valence-corrected chi connectivity index (χ0v) is 11.5. The highest BCUT2D eigenvalue weighted by molar-refractivity contribution is 7.89. The summed E-state index contributed by atoms with van der Waals surface area (Å²) < 4.78 is 46.2. The molecule has 3 atom stereocenters. The van der Waals surface area contributed by atoms with E-state index in [2.05, 4.69) is 4.72 Å². The molecule has 3 rings (SSSR count). The Hall–Kier alpha value is -0.690. The Bertz CT molecular complexity index is 587. The molecule has 2 saturated heterocycles. The third kappa shape index (κ3) is 2.38. The van der Waals surface area contributed by atoms with Crippen molar-refractivity contribution in [1.82, 2.24) is 4.72 Å². The van der Waals surface area contributed by atoms with E-state index in [-0.39, 0.29) is 23.3 Å². The highest BCUT2D eigenvalue weighted by atomic mass is 35.5. The van der Waals surface area contributed by atoms with E-state index in [1.165, 1.54) is 12.1 Å². The molecule has 2 aliphatic heterocycles. The smallest absolute Gasteiger partial charge is 0.245 e. The Morgan fingerprint density at radius 1 is 1.37 bits per heavy atom. The fourth-order valence-corrected chi connectivity index (χ4v) is 4.64. The standard InChI is InChI=1S/C12H13ClFNO3S/c13-8-2-1-3-9(14)12(8)19(16,17)15-10-6-7-4-5-11(10)18-7/h1-3,7,10-11,15H,4-6H2/t7-,10+,11-/m1/s1. The number of hydrogen-bond acceptors (Lipinski definition) is 3. The molecular formula is C12H13ClFNO3S. The van der Waals surface area contributed by atoms with Crippen molar-refractivity contribution in [1.29, 1.82) is 0 Å². The van der Waals surface area contributed by atoms with Crippen LogP contribution in [0, 0.1) is 5.82 Å². The van der Waals surface area contributed by atoms with Crippen molar-refractivity contribution in [2.24, 2.45) is 0 Å². The number of nitrogens with one attached hydrogen (secondary N) is 1. The Balaban J connectivity index is 1.87. The van der Waals surface area contributed by atoms with E-state index in [1.54, 1.807) is 0 Å². The number of sulfonamides is 1. The molecule has 2 fully saturated rings. The summed E-state index contributed by atoms with van der Waals surface area (Å²) in [5.74, 6) is -0.843. The maximum atomic E-state index is 13.7. The molecule has 0 radical (unpaired) electrons. The summed E-state index contributed by atoms with van der Waals surface area (Å²) in [5, 5.41) is -0.114. The summed E-state index contributed by atoms with van der Waals surface area (Å²) in [6.45, 7) is 0. The lowest BCUT2D eigenvalue weighted by molar-refractivity contribution is 0.0996. The maximum Gasteiger partial charge on any atom is 0.245 e. The second kappa shape index (κ2) is 4.70. The van der Waals surface area contributed by atoms with Gasteiger partial charge in [0.2, 0.25) is 10.0 Å². The maximum absolute atomic E-state index is 13.7. The van der Waals surface area contributed by atoms with Gasteiger partial charge in [-0.1, -0.05) is 17.7 Å². The summed E-state index contributed by atoms with van der Waals surface area (Å²) in [6, 6.07) is 3.52. The lowest BCUT2D eigenvalue weighted by Crippen LogP contribution is -2.41. The second-order valence-electron chi connectivity index (χ2n) is 4.89. The van der Waals surface area contributed by atoms with Gasteiger partial charge in [0.25, 0.3) is 0 Å². The van der Waals surface area contributed by atoms with E-state index in [0.717, 1.165) is 18.9 Å². The van der Waals surface area contributed by atoms with Crippen molar-refractivity contribution in [3.63, 3.8) is 0 Å². The van der Waals surface area contributed by atoms with Gasteiger partial charge in [0, 0.05) is 0 Å². The lowest BCUT2D eigenvalue weighted by Gasteiger charge is -2.20. The van der Waals surface area contributed by atoms with Crippen molar-refractivity contribution >= 4 is 21.6 Å². The minimum Gasteiger partial charge on any atom is -0.373 e. The fraction of sp³-hybridized carbons (Fsp3) is 0.500. The van der Waals surface area contributed by atoms with Crippen molar-refractivity contribution in [3.05, 3.63) is 29.0 Å². The van der Waals surface area contributed by atoms with Gasteiger partial charge in [-0.15, -0.1) is 0 Å². The van der Waals surface area contributed by atoms with Crippen LogP contribution < -0.4 is 4.72 Å². The first kappa shape index (κ1) is 13.3. The molecule has 2 bridgehead atoms. The van der Waals surface area contributed by atoms with Crippen LogP contribution in [0.3, 0.4) is 0 Å². The molecule has 1 aromatic rings. The number of fused-ring (bicyclic) bond motifs is 2. The molecule has 104 valence electrons. The summed E-state index contributed by atoms with van der Waals surface area (Å²) in [5.41, 5.74) is 0. The van der Waals surface area contributed by atoms with Gasteiger partial charge in [0.15, 0.2) is 0 Å². The van der Waals surface area contributed by atoms with Crippen LogP contribution >= 0.6 is 11.6 Å². The predicted molar refractivity (Wildman–Crippen MR) is 68.0 cm³/mol. The van der Waals surface area contributed by atoms with Gasteiger partial charge in [-0.25, -0.2) is 17.5 Å². The number of rotatable bonds is 3. The first-order valence-corrected chi connectivity index (χ1v) is 7.95. The van der Waals surface area contributed by atoms with Crippen LogP contribution in [0.2, 0.25) is 5.02 Å². The molecule has 2 heterocycles. The zero-order chi connectivity index (χ0) is 13.6. The Morgan fingerprint density at radius 3 is 2.74 bits per heavy atom. The average Bonchev–Trinajstić information content (AvgIpc) is 2.89. The number of halogens is 2. The van der Waals surface area contributed by atoms with Crippen LogP contribution in [0.25, 0.3) is 0 Å². The number of ether oxygens (including phenoxy) is 1. The Kier molecular flexibility index (Phi) is 3.29. The summed E-state index contributed by atoms with van der Waals surface area (Å²) in [4.78, 5) is -0.487. The van der Waals surface area contributed by atoms with E-state index >= 15 is 0 Å². The molecule has 0 saturated carbocycles. The van der Waals surface area contributed by atoms with E-state index in [1.807, 2.05) is 0 Å². The lowest BCUT2D eigenvalue weighted by atomic mass is 9.96. The molecule has 2 aliphatic rings. The van der Waals surface area contributed by atoms with E-state index in [9.17, 15) is 12.8 Å². The van der Waals surface area contributed by atoms with E-state index < -0.39 is 20.7 Å². The largest absolute Gasteiger partial charge is 0.373 e. The summed E-state index contributed by atoms with van der Waals surface area (Å²) >= 11 is 5.79. The molecule has 4 nitrogen and oxygen atoms in total. The fourth-order valence-electron chi connectivity index (χ4n) is 2.76. The zero-order valence-electron chi connectivity index (χ0n) is 9.97. The van der Waals surface area contributed by atoms with Gasteiger partial charge in [-0.05, 0) is 31.4 Å².